The van der Waals surface area contributed by atoms with E-state index in [0.717, 1.165) is 42.5 Å². The normalized spacial score (nSPS) is 15.9. The van der Waals surface area contributed by atoms with E-state index in [2.05, 4.69) is 27.5 Å². The summed E-state index contributed by atoms with van der Waals surface area (Å²) in [6.07, 6.45) is 6.16. The van der Waals surface area contributed by atoms with Gasteiger partial charge in [0, 0.05) is 70.2 Å². The van der Waals surface area contributed by atoms with Crippen molar-refractivity contribution in [2.24, 2.45) is 7.05 Å². The van der Waals surface area contributed by atoms with Gasteiger partial charge >= 0.3 is 6.09 Å². The summed E-state index contributed by atoms with van der Waals surface area (Å²) in [7, 11) is 1.94. The number of aryl methyl sites for hydroxylation is 1. The third kappa shape index (κ3) is 5.03. The molecule has 1 aliphatic rings. The summed E-state index contributed by atoms with van der Waals surface area (Å²) in [6, 6.07) is 7.46. The first-order valence-electron chi connectivity index (χ1n) is 9.93. The van der Waals surface area contributed by atoms with Crippen molar-refractivity contribution >= 4 is 30.1 Å². The molecule has 3 heterocycles. The number of amides is 1. The van der Waals surface area contributed by atoms with Crippen molar-refractivity contribution in [3.05, 3.63) is 64.6 Å². The van der Waals surface area contributed by atoms with Crippen molar-refractivity contribution in [2.45, 2.75) is 11.7 Å². The Morgan fingerprint density at radius 3 is 2.57 bits per heavy atom. The third-order valence-electron chi connectivity index (χ3n) is 5.26. The smallest absolute Gasteiger partial charge is 0.410 e. The highest BCUT2D eigenvalue weighted by molar-refractivity contribution is 7.80. The van der Waals surface area contributed by atoms with Gasteiger partial charge in [0.05, 0.1) is 10.3 Å². The lowest BCUT2D eigenvalue weighted by molar-refractivity contribution is 0.111. The Hall–Kier alpha value is -2.36. The Kier molecular flexibility index (Phi) is 6.71. The van der Waals surface area contributed by atoms with Gasteiger partial charge in [-0.05, 0) is 17.7 Å². The Morgan fingerprint density at radius 2 is 1.93 bits per heavy atom. The maximum absolute atomic E-state index is 12.5. The molecule has 0 radical (unpaired) electrons. The second kappa shape index (κ2) is 9.63. The fourth-order valence-electron chi connectivity index (χ4n) is 3.46. The molecule has 1 aliphatic heterocycles. The van der Waals surface area contributed by atoms with Crippen LogP contribution in [0.2, 0.25) is 0 Å². The van der Waals surface area contributed by atoms with Crippen LogP contribution in [0.5, 0.6) is 5.75 Å². The number of thiol groups is 1. The molecule has 1 atom stereocenters. The van der Waals surface area contributed by atoms with Crippen LogP contribution in [-0.2, 0) is 13.5 Å². The molecular weight excluding hydrogens is 418 g/mol. The zero-order chi connectivity index (χ0) is 20.9. The lowest BCUT2D eigenvalue weighted by atomic mass is 10.1. The maximum atomic E-state index is 12.5. The van der Waals surface area contributed by atoms with E-state index in [1.54, 1.807) is 22.4 Å². The molecule has 0 aliphatic carbocycles. The summed E-state index contributed by atoms with van der Waals surface area (Å²) in [6.45, 7) is 4.02. The molecule has 158 valence electrons. The second-order valence-electron chi connectivity index (χ2n) is 7.24. The van der Waals surface area contributed by atoms with Crippen LogP contribution in [0, 0.1) is 0 Å². The van der Waals surface area contributed by atoms with Crippen LogP contribution in [0.25, 0.3) is 0 Å². The van der Waals surface area contributed by atoms with Gasteiger partial charge in [0.25, 0.3) is 0 Å². The number of rotatable bonds is 6. The van der Waals surface area contributed by atoms with Crippen LogP contribution >= 0.6 is 24.0 Å². The number of thiazole rings is 1. The van der Waals surface area contributed by atoms with Gasteiger partial charge in [-0.2, -0.15) is 12.6 Å². The van der Waals surface area contributed by atoms with Gasteiger partial charge in [0.15, 0.2) is 0 Å². The number of piperazine rings is 1. The lowest BCUT2D eigenvalue weighted by Crippen LogP contribution is -2.49. The van der Waals surface area contributed by atoms with Gasteiger partial charge in [-0.25, -0.2) is 14.8 Å². The molecule has 30 heavy (non-hydrogen) atoms. The highest BCUT2D eigenvalue weighted by Gasteiger charge is 2.23. The van der Waals surface area contributed by atoms with Gasteiger partial charge in [0.2, 0.25) is 0 Å². The van der Waals surface area contributed by atoms with Crippen molar-refractivity contribution in [3.63, 3.8) is 0 Å². The molecule has 1 unspecified atom stereocenters. The second-order valence-corrected chi connectivity index (χ2v) is 8.74. The van der Waals surface area contributed by atoms with E-state index in [4.69, 9.17) is 4.74 Å². The first-order chi connectivity index (χ1) is 14.6. The molecule has 1 fully saturated rings. The Labute approximate surface area is 185 Å². The molecule has 9 heteroatoms. The average Bonchev–Trinajstić information content (AvgIpc) is 3.44. The number of imidazole rings is 1. The van der Waals surface area contributed by atoms with E-state index in [9.17, 15) is 4.79 Å². The van der Waals surface area contributed by atoms with Gasteiger partial charge in [-0.1, -0.05) is 12.1 Å². The monoisotopic (exact) mass is 443 g/mol. The lowest BCUT2D eigenvalue weighted by Gasteiger charge is -2.33. The summed E-state index contributed by atoms with van der Waals surface area (Å²) < 4.78 is 7.52. The first kappa shape index (κ1) is 20.9. The number of hydrogen-bond donors (Lipinski definition) is 1. The molecule has 1 saturated heterocycles. The molecule has 0 bridgehead atoms. The van der Waals surface area contributed by atoms with Gasteiger partial charge in [0.1, 0.15) is 11.6 Å². The highest BCUT2D eigenvalue weighted by atomic mass is 32.1. The summed E-state index contributed by atoms with van der Waals surface area (Å²) in [5, 5.41) is 3.03. The summed E-state index contributed by atoms with van der Waals surface area (Å²) in [5.41, 5.74) is 1.00. The topological polar surface area (TPSA) is 63.5 Å². The molecule has 0 spiro atoms. The van der Waals surface area contributed by atoms with Crippen molar-refractivity contribution in [1.29, 1.82) is 0 Å². The fourth-order valence-corrected chi connectivity index (χ4v) is 4.49. The van der Waals surface area contributed by atoms with E-state index < -0.39 is 0 Å². The number of nitrogens with zero attached hydrogens (tertiary/aromatic N) is 5. The van der Waals surface area contributed by atoms with Crippen molar-refractivity contribution in [3.8, 4) is 5.75 Å². The molecule has 2 aromatic heterocycles. The van der Waals surface area contributed by atoms with Crippen molar-refractivity contribution in [2.75, 3.05) is 32.7 Å². The van der Waals surface area contributed by atoms with E-state index >= 15 is 0 Å². The number of aromatic nitrogens is 3. The molecule has 1 amide bonds. The molecular formula is C21H25N5O2S2. The Bertz CT molecular complexity index is 950. The minimum atomic E-state index is -0.297. The van der Waals surface area contributed by atoms with Crippen LogP contribution in [0.1, 0.15) is 21.6 Å². The van der Waals surface area contributed by atoms with E-state index in [1.807, 2.05) is 53.7 Å². The Morgan fingerprint density at radius 1 is 1.17 bits per heavy atom. The minimum absolute atomic E-state index is 0.132. The number of carbonyl (C=O) groups excluding carboxylic acids is 1. The quantitative estimate of drug-likeness (QED) is 0.593. The van der Waals surface area contributed by atoms with Crippen LogP contribution < -0.4 is 4.74 Å². The van der Waals surface area contributed by atoms with Crippen molar-refractivity contribution in [1.82, 2.24) is 24.3 Å². The minimum Gasteiger partial charge on any atom is -0.410 e. The highest BCUT2D eigenvalue weighted by Crippen LogP contribution is 2.28. The average molecular weight is 444 g/mol. The SMILES string of the molecule is Cn1ccnc1C(S)c1ccc(OC(=O)N2CCN(CCc3nccs3)CC2)cc1. The molecule has 0 N–H and O–H groups in total. The summed E-state index contributed by atoms with van der Waals surface area (Å²) in [4.78, 5) is 25.3. The van der Waals surface area contributed by atoms with Crippen molar-refractivity contribution < 1.29 is 9.53 Å². The largest absolute Gasteiger partial charge is 0.415 e. The predicted molar refractivity (Wildman–Crippen MR) is 120 cm³/mol. The molecule has 4 rings (SSSR count). The van der Waals surface area contributed by atoms with Crippen LogP contribution in [0.15, 0.2) is 48.2 Å². The van der Waals surface area contributed by atoms with Gasteiger partial charge < -0.3 is 14.2 Å². The van der Waals surface area contributed by atoms with Gasteiger partial charge in [-0.15, -0.1) is 11.3 Å². The molecule has 3 aromatic rings. The van der Waals surface area contributed by atoms with Gasteiger partial charge in [-0.3, -0.25) is 4.90 Å². The zero-order valence-corrected chi connectivity index (χ0v) is 18.6. The molecule has 0 saturated carbocycles. The van der Waals surface area contributed by atoms with Crippen LogP contribution in [0.3, 0.4) is 0 Å². The standard InChI is InChI=1S/C21H25N5O2S2/c1-24-10-7-23-20(24)19(29)16-2-4-17(5-3-16)28-21(27)26-13-11-25(12-14-26)9-6-18-22-8-15-30-18/h2-5,7-8,10,15,19,29H,6,9,11-14H2,1H3. The van der Waals surface area contributed by atoms with E-state index in [-0.39, 0.29) is 11.3 Å². The third-order valence-corrected chi connectivity index (χ3v) is 6.63. The van der Waals surface area contributed by atoms with E-state index in [0.29, 0.717) is 18.8 Å². The maximum Gasteiger partial charge on any atom is 0.415 e. The first-order valence-corrected chi connectivity index (χ1v) is 11.3. The number of ether oxygens (including phenoxy) is 1. The summed E-state index contributed by atoms with van der Waals surface area (Å²) >= 11 is 6.36. The Balaban J connectivity index is 1.25. The van der Waals surface area contributed by atoms with Crippen LogP contribution in [-0.4, -0.2) is 63.2 Å². The molecule has 7 nitrogen and oxygen atoms in total. The van der Waals surface area contributed by atoms with E-state index in [1.165, 1.54) is 0 Å². The number of hydrogen-bond acceptors (Lipinski definition) is 7. The summed E-state index contributed by atoms with van der Waals surface area (Å²) in [5.74, 6) is 1.41. The molecule has 1 aromatic carbocycles. The van der Waals surface area contributed by atoms with Crippen LogP contribution in [0.4, 0.5) is 4.79 Å². The predicted octanol–water partition coefficient (Wildman–Crippen LogP) is 3.25. The number of benzene rings is 1. The number of carbonyl (C=O) groups is 1. The zero-order valence-electron chi connectivity index (χ0n) is 16.8. The fraction of sp³-hybridized carbons (Fsp3) is 0.381.